The number of rotatable bonds is 4. The van der Waals surface area contributed by atoms with Crippen LogP contribution in [0.15, 0.2) is 12.8 Å². The molecule has 10 heteroatoms. The molecule has 0 saturated carbocycles. The van der Waals surface area contributed by atoms with Gasteiger partial charge in [-0.25, -0.2) is 4.79 Å². The van der Waals surface area contributed by atoms with Gasteiger partial charge in [-0.1, -0.05) is 6.58 Å². The average molecular weight is 270 g/mol. The van der Waals surface area contributed by atoms with E-state index >= 15 is 0 Å². The van der Waals surface area contributed by atoms with Crippen LogP contribution in [0.1, 0.15) is 0 Å². The molecule has 3 nitrogen and oxygen atoms in total. The number of hydrogen-bond donors (Lipinski definition) is 0. The lowest BCUT2D eigenvalue weighted by Gasteiger charge is -2.28. The van der Waals surface area contributed by atoms with Crippen molar-refractivity contribution in [1.82, 2.24) is 0 Å². The Morgan fingerprint density at radius 1 is 1.06 bits per heavy atom. The van der Waals surface area contributed by atoms with Crippen molar-refractivity contribution in [3.63, 3.8) is 0 Å². The minimum atomic E-state index is -6.38. The summed E-state index contributed by atoms with van der Waals surface area (Å²) < 4.78 is 90.5. The summed E-state index contributed by atoms with van der Waals surface area (Å²) in [6, 6.07) is 0. The molecule has 0 heterocycles. The summed E-state index contributed by atoms with van der Waals surface area (Å²) in [6.45, 7) is 0.932. The van der Waals surface area contributed by atoms with Gasteiger partial charge in [0.05, 0.1) is 6.26 Å². The fourth-order valence-electron chi connectivity index (χ4n) is 0.610. The fraction of sp³-hybridized carbons (Fsp3) is 0.571. The van der Waals surface area contributed by atoms with Crippen molar-refractivity contribution in [2.24, 2.45) is 0 Å². The summed E-state index contributed by atoms with van der Waals surface area (Å²) in [5.74, 6) is -7.59. The van der Waals surface area contributed by atoms with Crippen molar-refractivity contribution in [2.45, 2.75) is 18.2 Å². The molecule has 0 fully saturated rings. The molecule has 0 bridgehead atoms. The zero-order chi connectivity index (χ0) is 13.9. The van der Waals surface area contributed by atoms with Crippen LogP contribution < -0.4 is 0 Å². The third-order valence-corrected chi connectivity index (χ3v) is 1.33. The Morgan fingerprint density at radius 2 is 1.47 bits per heavy atom. The van der Waals surface area contributed by atoms with Gasteiger partial charge in [0.25, 0.3) is 0 Å². The Morgan fingerprint density at radius 3 is 1.76 bits per heavy atom. The summed E-state index contributed by atoms with van der Waals surface area (Å²) in [4.78, 5) is 10.4. The van der Waals surface area contributed by atoms with Crippen molar-refractivity contribution in [3.8, 4) is 0 Å². The van der Waals surface area contributed by atoms with Crippen LogP contribution in [0.5, 0.6) is 0 Å². The van der Waals surface area contributed by atoms with E-state index in [2.05, 4.69) is 16.1 Å². The molecule has 0 aromatic rings. The quantitative estimate of drug-likeness (QED) is 0.447. The molecular formula is C7H5F7O3. The zero-order valence-corrected chi connectivity index (χ0v) is 7.86. The molecule has 0 aromatic heterocycles. The molecule has 0 spiro atoms. The van der Waals surface area contributed by atoms with E-state index in [4.69, 9.17) is 0 Å². The summed E-state index contributed by atoms with van der Waals surface area (Å²) in [6.07, 6.45) is -12.3. The van der Waals surface area contributed by atoms with Gasteiger partial charge < -0.3 is 9.47 Å². The average Bonchev–Trinajstić information content (AvgIpc) is 2.10. The van der Waals surface area contributed by atoms with E-state index < -0.39 is 30.8 Å². The Labute approximate surface area is 89.8 Å². The zero-order valence-electron chi connectivity index (χ0n) is 7.86. The minimum Gasteiger partial charge on any atom is -0.433 e. The van der Waals surface area contributed by atoms with E-state index in [1.54, 1.807) is 0 Å². The first-order valence-electron chi connectivity index (χ1n) is 3.72. The van der Waals surface area contributed by atoms with Gasteiger partial charge in [-0.05, 0) is 0 Å². The van der Waals surface area contributed by atoms with Gasteiger partial charge in [0.1, 0.15) is 6.61 Å². The molecule has 0 aromatic carbocycles. The highest BCUT2D eigenvalue weighted by atomic mass is 19.4. The fourth-order valence-corrected chi connectivity index (χ4v) is 0.610. The number of esters is 1. The normalized spacial score (nSPS) is 13.4. The third kappa shape index (κ3) is 3.58. The lowest BCUT2D eigenvalue weighted by molar-refractivity contribution is -0.428. The topological polar surface area (TPSA) is 35.5 Å². The summed E-state index contributed by atoms with van der Waals surface area (Å²) >= 11 is 0. The summed E-state index contributed by atoms with van der Waals surface area (Å²) in [5, 5.41) is 0. The first-order chi connectivity index (χ1) is 7.45. The maximum Gasteiger partial charge on any atom is 0.458 e. The molecule has 0 atom stereocenters. The van der Waals surface area contributed by atoms with E-state index in [0.717, 1.165) is 0 Å². The van der Waals surface area contributed by atoms with Crippen LogP contribution in [0.25, 0.3) is 0 Å². The van der Waals surface area contributed by atoms with Crippen molar-refractivity contribution in [2.75, 3.05) is 6.61 Å². The number of alkyl halides is 7. The highest BCUT2D eigenvalue weighted by molar-refractivity contribution is 5.71. The molecule has 0 aliphatic heterocycles. The van der Waals surface area contributed by atoms with Gasteiger partial charge in [-0.2, -0.15) is 30.7 Å². The van der Waals surface area contributed by atoms with Crippen molar-refractivity contribution in [3.05, 3.63) is 12.8 Å². The van der Waals surface area contributed by atoms with Gasteiger partial charge in [0.2, 0.25) is 0 Å². The highest BCUT2D eigenvalue weighted by Gasteiger charge is 2.74. The van der Waals surface area contributed by atoms with Gasteiger partial charge in [-0.3, -0.25) is 0 Å². The molecule has 0 rings (SSSR count). The van der Waals surface area contributed by atoms with Gasteiger partial charge in [0.15, 0.2) is 0 Å². The first-order valence-corrected chi connectivity index (χ1v) is 3.72. The lowest BCUT2D eigenvalue weighted by atomic mass is 10.3. The number of carbonyl (C=O) groups excluding carboxylic acids is 1. The van der Waals surface area contributed by atoms with Gasteiger partial charge >= 0.3 is 24.2 Å². The maximum absolute atomic E-state index is 12.7. The Hall–Kier alpha value is -1.32. The molecule has 0 saturated heterocycles. The van der Waals surface area contributed by atoms with E-state index in [1.807, 2.05) is 0 Å². The number of hydrogen-bond acceptors (Lipinski definition) is 3. The number of carbonyl (C=O) groups is 1. The standard InChI is InChI=1S/C7H5F7O3/c1-2-16-4(15)3-17-5(8,6(9,10)11)7(12,13)14/h2H,1,3H2. The van der Waals surface area contributed by atoms with Crippen LogP contribution >= 0.6 is 0 Å². The molecule has 0 amide bonds. The second-order valence-electron chi connectivity index (χ2n) is 2.54. The first kappa shape index (κ1) is 15.7. The Kier molecular flexibility index (Phi) is 4.52. The highest BCUT2D eigenvalue weighted by Crippen LogP contribution is 2.46. The van der Waals surface area contributed by atoms with E-state index in [-0.39, 0.29) is 0 Å². The summed E-state index contributed by atoms with van der Waals surface area (Å²) in [7, 11) is 0. The van der Waals surface area contributed by atoms with Crippen LogP contribution in [0, 0.1) is 0 Å². The van der Waals surface area contributed by atoms with Gasteiger partial charge in [0, 0.05) is 0 Å². The molecule has 0 unspecified atom stereocenters. The third-order valence-electron chi connectivity index (χ3n) is 1.33. The van der Waals surface area contributed by atoms with Crippen LogP contribution in [0.2, 0.25) is 0 Å². The van der Waals surface area contributed by atoms with Crippen LogP contribution in [-0.4, -0.2) is 30.8 Å². The van der Waals surface area contributed by atoms with Crippen molar-refractivity contribution in [1.29, 1.82) is 0 Å². The van der Waals surface area contributed by atoms with Crippen LogP contribution in [0.4, 0.5) is 30.7 Å². The van der Waals surface area contributed by atoms with Crippen LogP contribution in [-0.2, 0) is 14.3 Å². The molecule has 0 radical (unpaired) electrons. The maximum atomic E-state index is 12.7. The molecule has 0 aliphatic carbocycles. The molecule has 100 valence electrons. The largest absolute Gasteiger partial charge is 0.458 e. The van der Waals surface area contributed by atoms with E-state index in [1.165, 1.54) is 0 Å². The number of ether oxygens (including phenoxy) is 2. The lowest BCUT2D eigenvalue weighted by Crippen LogP contribution is -2.55. The monoisotopic (exact) mass is 270 g/mol. The Bertz CT molecular complexity index is 279. The molecule has 0 N–H and O–H groups in total. The van der Waals surface area contributed by atoms with Crippen LogP contribution in [0.3, 0.4) is 0 Å². The Balaban J connectivity index is 4.88. The molecular weight excluding hydrogens is 265 g/mol. The molecule has 0 aliphatic rings. The second-order valence-corrected chi connectivity index (χ2v) is 2.54. The predicted octanol–water partition coefficient (Wildman–Crippen LogP) is 2.48. The minimum absolute atomic E-state index is 0.437. The molecule has 17 heavy (non-hydrogen) atoms. The van der Waals surface area contributed by atoms with Crippen molar-refractivity contribution >= 4 is 5.97 Å². The van der Waals surface area contributed by atoms with E-state index in [9.17, 15) is 35.5 Å². The second kappa shape index (κ2) is 4.90. The summed E-state index contributed by atoms with van der Waals surface area (Å²) in [5.41, 5.74) is 0. The van der Waals surface area contributed by atoms with Crippen molar-refractivity contribution < 1.29 is 45.0 Å². The number of halogens is 7. The van der Waals surface area contributed by atoms with E-state index in [0.29, 0.717) is 6.26 Å². The van der Waals surface area contributed by atoms with Gasteiger partial charge in [-0.15, -0.1) is 0 Å². The predicted molar refractivity (Wildman–Crippen MR) is 38.2 cm³/mol. The SMILES string of the molecule is C=COC(=O)COC(F)(C(F)(F)F)C(F)(F)F. The smallest absolute Gasteiger partial charge is 0.433 e.